The summed E-state index contributed by atoms with van der Waals surface area (Å²) in [7, 11) is 0. The Morgan fingerprint density at radius 2 is 1.51 bits per heavy atom. The van der Waals surface area contributed by atoms with Gasteiger partial charge in [-0.05, 0) is 86.6 Å². The number of phenols is 2. The van der Waals surface area contributed by atoms with Crippen molar-refractivity contribution >= 4 is 17.0 Å². The fourth-order valence-electron chi connectivity index (χ4n) is 4.67. The maximum atomic E-state index is 14.5. The molecule has 0 atom stereocenters. The van der Waals surface area contributed by atoms with E-state index in [-0.39, 0.29) is 34.1 Å². The first-order valence-electron chi connectivity index (χ1n) is 12.2. The second-order valence-corrected chi connectivity index (χ2v) is 9.08. The van der Waals surface area contributed by atoms with Gasteiger partial charge in [0.1, 0.15) is 29.6 Å². The number of piperidine rings is 1. The Labute approximate surface area is 212 Å². The summed E-state index contributed by atoms with van der Waals surface area (Å²) in [5.74, 6) is 0.182. The Morgan fingerprint density at radius 3 is 2.19 bits per heavy atom. The topological polar surface area (TPSA) is 65.4 Å². The SMILES string of the molecule is Oc1ccc(C2=C(C(F)(F)F)c3ccc(O)cc3ON2c2ccc(OCCN3CCCCC3)cc2)cc1. The Hall–Kier alpha value is -3.85. The number of aromatic hydroxyl groups is 2. The van der Waals surface area contributed by atoms with Crippen LogP contribution in [0, 0.1) is 0 Å². The Morgan fingerprint density at radius 1 is 0.838 bits per heavy atom. The molecule has 0 aliphatic carbocycles. The lowest BCUT2D eigenvalue weighted by Gasteiger charge is -2.35. The molecular formula is C28H27F3N2O4. The van der Waals surface area contributed by atoms with Crippen LogP contribution >= 0.6 is 0 Å². The van der Waals surface area contributed by atoms with Crippen molar-refractivity contribution in [3.63, 3.8) is 0 Å². The minimum Gasteiger partial charge on any atom is -0.508 e. The molecule has 0 spiro atoms. The number of nitrogens with zero attached hydrogens (tertiary/aromatic N) is 2. The Bertz CT molecular complexity index is 1270. The van der Waals surface area contributed by atoms with Gasteiger partial charge in [0.15, 0.2) is 5.75 Å². The predicted molar refractivity (Wildman–Crippen MR) is 134 cm³/mol. The molecule has 37 heavy (non-hydrogen) atoms. The quantitative estimate of drug-likeness (QED) is 0.410. The minimum absolute atomic E-state index is 0.0717. The van der Waals surface area contributed by atoms with Gasteiger partial charge < -0.3 is 19.8 Å². The van der Waals surface area contributed by atoms with Crippen molar-refractivity contribution in [1.29, 1.82) is 0 Å². The number of hydrogen-bond acceptors (Lipinski definition) is 6. The molecule has 0 amide bonds. The summed E-state index contributed by atoms with van der Waals surface area (Å²) >= 11 is 0. The molecule has 0 bridgehead atoms. The number of fused-ring (bicyclic) bond motifs is 1. The molecule has 5 rings (SSSR count). The maximum absolute atomic E-state index is 14.5. The van der Waals surface area contributed by atoms with Crippen molar-refractivity contribution in [3.05, 3.63) is 77.9 Å². The average molecular weight is 513 g/mol. The first kappa shape index (κ1) is 24.8. The molecule has 0 aromatic heterocycles. The van der Waals surface area contributed by atoms with E-state index in [0.29, 0.717) is 18.0 Å². The highest BCUT2D eigenvalue weighted by atomic mass is 19.4. The van der Waals surface area contributed by atoms with Gasteiger partial charge in [-0.15, -0.1) is 0 Å². The molecule has 2 aliphatic heterocycles. The molecule has 0 radical (unpaired) electrons. The second kappa shape index (κ2) is 10.3. The molecule has 6 nitrogen and oxygen atoms in total. The first-order chi connectivity index (χ1) is 17.8. The fraction of sp³-hybridized carbons (Fsp3) is 0.286. The third-order valence-electron chi connectivity index (χ3n) is 6.48. The van der Waals surface area contributed by atoms with Crippen molar-refractivity contribution in [1.82, 2.24) is 4.90 Å². The lowest BCUT2D eigenvalue weighted by atomic mass is 9.96. The summed E-state index contributed by atoms with van der Waals surface area (Å²) in [5.41, 5.74) is -0.805. The number of alkyl halides is 3. The molecule has 2 aliphatic rings. The van der Waals surface area contributed by atoms with E-state index in [1.807, 2.05) is 0 Å². The third-order valence-corrected chi connectivity index (χ3v) is 6.48. The number of halogens is 3. The number of likely N-dealkylation sites (tertiary alicyclic amines) is 1. The minimum atomic E-state index is -4.74. The van der Waals surface area contributed by atoms with Gasteiger partial charge in [0.2, 0.25) is 0 Å². The van der Waals surface area contributed by atoms with Gasteiger partial charge in [0.05, 0.1) is 11.3 Å². The molecule has 1 fully saturated rings. The summed E-state index contributed by atoms with van der Waals surface area (Å²) in [6.07, 6.45) is -1.08. The van der Waals surface area contributed by atoms with Crippen molar-refractivity contribution in [2.45, 2.75) is 25.4 Å². The van der Waals surface area contributed by atoms with Crippen molar-refractivity contribution in [2.75, 3.05) is 31.3 Å². The summed E-state index contributed by atoms with van der Waals surface area (Å²) in [5, 5.41) is 20.7. The summed E-state index contributed by atoms with van der Waals surface area (Å²) in [6, 6.07) is 15.6. The molecule has 2 N–H and O–H groups in total. The van der Waals surface area contributed by atoms with Gasteiger partial charge >= 0.3 is 6.18 Å². The van der Waals surface area contributed by atoms with Gasteiger partial charge in [-0.1, -0.05) is 6.42 Å². The molecule has 194 valence electrons. The number of rotatable bonds is 6. The van der Waals surface area contributed by atoms with Crippen LogP contribution in [0.4, 0.5) is 18.9 Å². The zero-order valence-electron chi connectivity index (χ0n) is 20.0. The van der Waals surface area contributed by atoms with Crippen molar-refractivity contribution in [3.8, 4) is 23.0 Å². The van der Waals surface area contributed by atoms with Gasteiger partial charge in [-0.2, -0.15) is 18.2 Å². The standard InChI is InChI=1S/C28H27F3N2O4/c29-28(30,31)26-24-13-10-22(35)18-25(24)37-33(27(26)19-4-8-21(34)9-5-19)20-6-11-23(12-7-20)36-17-16-32-14-2-1-3-15-32/h4-13,18,34-35H,1-3,14-17H2. The van der Waals surface area contributed by atoms with E-state index >= 15 is 0 Å². The molecule has 2 heterocycles. The van der Waals surface area contributed by atoms with E-state index in [1.54, 1.807) is 24.3 Å². The van der Waals surface area contributed by atoms with E-state index in [4.69, 9.17) is 9.57 Å². The normalized spacial score (nSPS) is 16.4. The zero-order chi connectivity index (χ0) is 26.0. The van der Waals surface area contributed by atoms with Crippen molar-refractivity contribution in [2.24, 2.45) is 0 Å². The number of ether oxygens (including phenoxy) is 1. The zero-order valence-corrected chi connectivity index (χ0v) is 20.0. The van der Waals surface area contributed by atoms with Crippen LogP contribution in [0.25, 0.3) is 11.3 Å². The molecule has 1 saturated heterocycles. The van der Waals surface area contributed by atoms with Crippen LogP contribution in [0.5, 0.6) is 23.0 Å². The Balaban J connectivity index is 1.48. The van der Waals surface area contributed by atoms with Crippen LogP contribution in [-0.4, -0.2) is 47.5 Å². The summed E-state index contributed by atoms with van der Waals surface area (Å²) < 4.78 is 49.4. The first-order valence-corrected chi connectivity index (χ1v) is 12.2. The second-order valence-electron chi connectivity index (χ2n) is 9.08. The largest absolute Gasteiger partial charge is 0.508 e. The monoisotopic (exact) mass is 512 g/mol. The number of allylic oxidation sites excluding steroid dienone is 1. The van der Waals surface area contributed by atoms with Gasteiger partial charge in [0.25, 0.3) is 0 Å². The van der Waals surface area contributed by atoms with E-state index < -0.39 is 11.7 Å². The van der Waals surface area contributed by atoms with Gasteiger partial charge in [-0.25, -0.2) is 0 Å². The number of hydrogen-bond donors (Lipinski definition) is 2. The molecule has 3 aromatic carbocycles. The van der Waals surface area contributed by atoms with E-state index in [9.17, 15) is 23.4 Å². The summed E-state index contributed by atoms with van der Waals surface area (Å²) in [6.45, 7) is 3.47. The predicted octanol–water partition coefficient (Wildman–Crippen LogP) is 6.21. The molecule has 0 unspecified atom stereocenters. The maximum Gasteiger partial charge on any atom is 0.419 e. The van der Waals surface area contributed by atoms with Gasteiger partial charge in [0, 0.05) is 23.7 Å². The van der Waals surface area contributed by atoms with Gasteiger partial charge in [-0.3, -0.25) is 4.90 Å². The number of benzene rings is 3. The average Bonchev–Trinajstić information content (AvgIpc) is 2.88. The van der Waals surface area contributed by atoms with Crippen molar-refractivity contribution < 1.29 is 33.0 Å². The van der Waals surface area contributed by atoms with E-state index in [0.717, 1.165) is 30.8 Å². The third kappa shape index (κ3) is 5.46. The highest BCUT2D eigenvalue weighted by molar-refractivity contribution is 6.01. The molecular weight excluding hydrogens is 485 g/mol. The van der Waals surface area contributed by atoms with E-state index in [2.05, 4.69) is 4.90 Å². The highest BCUT2D eigenvalue weighted by Crippen LogP contribution is 2.49. The van der Waals surface area contributed by atoms with Crippen LogP contribution < -0.4 is 14.6 Å². The summed E-state index contributed by atoms with van der Waals surface area (Å²) in [4.78, 5) is 8.29. The highest BCUT2D eigenvalue weighted by Gasteiger charge is 2.44. The van der Waals surface area contributed by atoms with Crippen LogP contribution in [0.1, 0.15) is 30.4 Å². The van der Waals surface area contributed by atoms with E-state index in [1.165, 1.54) is 55.7 Å². The lowest BCUT2D eigenvalue weighted by Crippen LogP contribution is -2.33. The number of phenolic OH excluding ortho intramolecular Hbond substituents is 2. The van der Waals surface area contributed by atoms with Crippen LogP contribution in [0.15, 0.2) is 66.7 Å². The fourth-order valence-corrected chi connectivity index (χ4v) is 4.67. The molecule has 9 heteroatoms. The number of hydroxylamine groups is 1. The molecule has 0 saturated carbocycles. The molecule has 3 aromatic rings. The van der Waals surface area contributed by atoms with Crippen LogP contribution in [-0.2, 0) is 0 Å². The van der Waals surface area contributed by atoms with Crippen LogP contribution in [0.2, 0.25) is 0 Å². The smallest absolute Gasteiger partial charge is 0.419 e. The Kier molecular flexibility index (Phi) is 6.88. The number of anilines is 1. The van der Waals surface area contributed by atoms with Crippen LogP contribution in [0.3, 0.4) is 0 Å². The lowest BCUT2D eigenvalue weighted by molar-refractivity contribution is -0.0693.